The van der Waals surface area contributed by atoms with E-state index < -0.39 is 15.8 Å². The number of hydrogen-bond donors (Lipinski definition) is 2. The minimum absolute atomic E-state index is 0.0347. The van der Waals surface area contributed by atoms with Crippen molar-refractivity contribution in [3.8, 4) is 5.69 Å². The molecule has 1 saturated heterocycles. The van der Waals surface area contributed by atoms with Crippen LogP contribution in [0.1, 0.15) is 19.3 Å². The van der Waals surface area contributed by atoms with Crippen LogP contribution in [0.2, 0.25) is 0 Å². The molecule has 1 aliphatic rings. The molecule has 0 amide bonds. The maximum absolute atomic E-state index is 13.8. The lowest BCUT2D eigenvalue weighted by Crippen LogP contribution is -2.33. The summed E-state index contributed by atoms with van der Waals surface area (Å²) in [5, 5.41) is 7.27. The maximum atomic E-state index is 13.8. The third-order valence-corrected chi connectivity index (χ3v) is 5.63. The Morgan fingerprint density at radius 1 is 1.38 bits per heavy atom. The maximum Gasteiger partial charge on any atom is 0.243 e. The lowest BCUT2D eigenvalue weighted by atomic mass is 9.96. The fourth-order valence-corrected chi connectivity index (χ4v) is 3.84. The molecule has 0 aliphatic carbocycles. The molecule has 130 valence electrons. The van der Waals surface area contributed by atoms with E-state index in [9.17, 15) is 12.8 Å². The molecular weight excluding hydrogens is 331 g/mol. The molecule has 2 heterocycles. The van der Waals surface area contributed by atoms with Crippen molar-refractivity contribution in [2.45, 2.75) is 24.2 Å². The fourth-order valence-electron chi connectivity index (χ4n) is 2.87. The van der Waals surface area contributed by atoms with Gasteiger partial charge in [0.25, 0.3) is 0 Å². The largest absolute Gasteiger partial charge is 0.316 e. The van der Waals surface area contributed by atoms with Crippen LogP contribution in [0, 0.1) is 11.7 Å². The molecule has 2 N–H and O–H groups in total. The number of rotatable bonds is 6. The average molecular weight is 352 g/mol. The molecule has 1 aromatic heterocycles. The summed E-state index contributed by atoms with van der Waals surface area (Å²) < 4.78 is 42.2. The van der Waals surface area contributed by atoms with E-state index in [4.69, 9.17) is 0 Å². The molecular formula is C16H21FN4O2S. The van der Waals surface area contributed by atoms with E-state index in [1.165, 1.54) is 23.1 Å². The number of nitrogens with one attached hydrogen (secondary N) is 2. The van der Waals surface area contributed by atoms with Crippen LogP contribution < -0.4 is 10.0 Å². The third kappa shape index (κ3) is 4.00. The van der Waals surface area contributed by atoms with Gasteiger partial charge < -0.3 is 5.32 Å². The van der Waals surface area contributed by atoms with Crippen molar-refractivity contribution in [2.24, 2.45) is 5.92 Å². The number of para-hydroxylation sites is 1. The Kier molecular flexibility index (Phi) is 5.27. The normalized spacial score (nSPS) is 18.6. The summed E-state index contributed by atoms with van der Waals surface area (Å²) in [4.78, 5) is 0.0347. The van der Waals surface area contributed by atoms with Crippen LogP contribution in [0.15, 0.2) is 41.6 Å². The summed E-state index contributed by atoms with van der Waals surface area (Å²) in [5.74, 6) is 0.0462. The third-order valence-electron chi connectivity index (χ3n) is 4.21. The molecule has 6 nitrogen and oxygen atoms in total. The Balaban J connectivity index is 1.64. The molecule has 1 aromatic carbocycles. The second kappa shape index (κ2) is 7.42. The Labute approximate surface area is 141 Å². The second-order valence-electron chi connectivity index (χ2n) is 5.97. The van der Waals surface area contributed by atoms with E-state index in [1.54, 1.807) is 18.2 Å². The minimum atomic E-state index is -3.64. The van der Waals surface area contributed by atoms with Gasteiger partial charge >= 0.3 is 0 Å². The first-order valence-electron chi connectivity index (χ1n) is 8.06. The highest BCUT2D eigenvalue weighted by atomic mass is 32.2. The van der Waals surface area contributed by atoms with Gasteiger partial charge in [0, 0.05) is 6.54 Å². The standard InChI is InChI=1S/C16H21FN4O2S/c17-15-5-1-2-6-16(15)21-12-14(11-19-21)24(22,23)20-9-7-13-4-3-8-18-10-13/h1-2,5-6,11-13,18,20H,3-4,7-10H2. The zero-order chi connectivity index (χ0) is 17.0. The summed E-state index contributed by atoms with van der Waals surface area (Å²) in [7, 11) is -3.64. The molecule has 0 saturated carbocycles. The van der Waals surface area contributed by atoms with Gasteiger partial charge in [-0.2, -0.15) is 5.10 Å². The van der Waals surface area contributed by atoms with Crippen molar-refractivity contribution in [2.75, 3.05) is 19.6 Å². The van der Waals surface area contributed by atoms with Gasteiger partial charge in [0.15, 0.2) is 0 Å². The van der Waals surface area contributed by atoms with Gasteiger partial charge in [-0.3, -0.25) is 0 Å². The van der Waals surface area contributed by atoms with E-state index in [2.05, 4.69) is 15.1 Å². The van der Waals surface area contributed by atoms with Gasteiger partial charge in [-0.15, -0.1) is 0 Å². The van der Waals surface area contributed by atoms with E-state index in [0.717, 1.165) is 32.4 Å². The Hall–Kier alpha value is -1.77. The first-order chi connectivity index (χ1) is 11.6. The molecule has 0 spiro atoms. The summed E-state index contributed by atoms with van der Waals surface area (Å²) in [5.41, 5.74) is 0.215. The van der Waals surface area contributed by atoms with Crippen molar-refractivity contribution >= 4 is 10.0 Å². The monoisotopic (exact) mass is 352 g/mol. The molecule has 0 radical (unpaired) electrons. The van der Waals surface area contributed by atoms with E-state index >= 15 is 0 Å². The average Bonchev–Trinajstić information content (AvgIpc) is 3.07. The first-order valence-corrected chi connectivity index (χ1v) is 9.54. The molecule has 2 aromatic rings. The van der Waals surface area contributed by atoms with Crippen molar-refractivity contribution in [1.29, 1.82) is 0 Å². The van der Waals surface area contributed by atoms with Gasteiger partial charge in [-0.05, 0) is 50.4 Å². The number of hydrogen-bond acceptors (Lipinski definition) is 4. The molecule has 1 fully saturated rings. The zero-order valence-electron chi connectivity index (χ0n) is 13.3. The molecule has 3 rings (SSSR count). The number of piperidine rings is 1. The predicted octanol–water partition coefficient (Wildman–Crippen LogP) is 1.68. The number of benzene rings is 1. The Bertz CT molecular complexity index is 785. The number of halogens is 1. The van der Waals surface area contributed by atoms with Crippen LogP contribution in [0.5, 0.6) is 0 Å². The summed E-state index contributed by atoms with van der Waals surface area (Å²) in [6.07, 6.45) is 5.61. The Morgan fingerprint density at radius 2 is 2.21 bits per heavy atom. The van der Waals surface area contributed by atoms with Crippen molar-refractivity contribution < 1.29 is 12.8 Å². The lowest BCUT2D eigenvalue weighted by Gasteiger charge is -2.22. The van der Waals surface area contributed by atoms with Crippen LogP contribution in [-0.2, 0) is 10.0 Å². The van der Waals surface area contributed by atoms with Crippen LogP contribution >= 0.6 is 0 Å². The lowest BCUT2D eigenvalue weighted by molar-refractivity contribution is 0.358. The van der Waals surface area contributed by atoms with E-state index in [0.29, 0.717) is 12.5 Å². The molecule has 24 heavy (non-hydrogen) atoms. The topological polar surface area (TPSA) is 76.0 Å². The summed E-state index contributed by atoms with van der Waals surface area (Å²) in [6, 6.07) is 6.09. The van der Waals surface area contributed by atoms with Crippen LogP contribution in [-0.4, -0.2) is 37.8 Å². The van der Waals surface area contributed by atoms with Crippen LogP contribution in [0.4, 0.5) is 4.39 Å². The fraction of sp³-hybridized carbons (Fsp3) is 0.438. The quantitative estimate of drug-likeness (QED) is 0.829. The van der Waals surface area contributed by atoms with Crippen molar-refractivity contribution in [3.63, 3.8) is 0 Å². The SMILES string of the molecule is O=S(=O)(NCCC1CCCNC1)c1cnn(-c2ccccc2F)c1. The van der Waals surface area contributed by atoms with Crippen molar-refractivity contribution in [1.82, 2.24) is 19.8 Å². The van der Waals surface area contributed by atoms with E-state index in [1.807, 2.05) is 0 Å². The van der Waals surface area contributed by atoms with Gasteiger partial charge in [-0.25, -0.2) is 22.2 Å². The molecule has 0 bridgehead atoms. The highest BCUT2D eigenvalue weighted by Gasteiger charge is 2.19. The number of nitrogens with zero attached hydrogens (tertiary/aromatic N) is 2. The molecule has 1 unspecified atom stereocenters. The van der Waals surface area contributed by atoms with Crippen molar-refractivity contribution in [3.05, 3.63) is 42.5 Å². The summed E-state index contributed by atoms with van der Waals surface area (Å²) >= 11 is 0. The predicted molar refractivity (Wildman–Crippen MR) is 88.9 cm³/mol. The second-order valence-corrected chi connectivity index (χ2v) is 7.74. The summed E-state index contributed by atoms with van der Waals surface area (Å²) in [6.45, 7) is 2.37. The highest BCUT2D eigenvalue weighted by Crippen LogP contribution is 2.16. The van der Waals surface area contributed by atoms with Crippen LogP contribution in [0.3, 0.4) is 0 Å². The van der Waals surface area contributed by atoms with E-state index in [-0.39, 0.29) is 10.6 Å². The number of aromatic nitrogens is 2. The van der Waals surface area contributed by atoms with Gasteiger partial charge in [-0.1, -0.05) is 12.1 Å². The molecule has 1 atom stereocenters. The molecule has 8 heteroatoms. The van der Waals surface area contributed by atoms with Gasteiger partial charge in [0.2, 0.25) is 10.0 Å². The smallest absolute Gasteiger partial charge is 0.243 e. The minimum Gasteiger partial charge on any atom is -0.316 e. The Morgan fingerprint density at radius 3 is 2.96 bits per heavy atom. The zero-order valence-corrected chi connectivity index (χ0v) is 14.1. The van der Waals surface area contributed by atoms with Gasteiger partial charge in [0.1, 0.15) is 16.4 Å². The first kappa shape index (κ1) is 17.1. The van der Waals surface area contributed by atoms with Gasteiger partial charge in [0.05, 0.1) is 12.4 Å². The van der Waals surface area contributed by atoms with Crippen LogP contribution in [0.25, 0.3) is 5.69 Å². The highest BCUT2D eigenvalue weighted by molar-refractivity contribution is 7.89. The number of sulfonamides is 1. The molecule has 1 aliphatic heterocycles.